The Hall–Kier alpha value is -2.18. The molecule has 2 heterocycles. The minimum atomic E-state index is -1.03. The van der Waals surface area contributed by atoms with Gasteiger partial charge in [-0.25, -0.2) is 0 Å². The van der Waals surface area contributed by atoms with Crippen molar-refractivity contribution in [1.29, 1.82) is 0 Å². The van der Waals surface area contributed by atoms with Crippen LogP contribution in [0.4, 0.5) is 0 Å². The molecule has 1 aliphatic rings. The van der Waals surface area contributed by atoms with E-state index >= 15 is 0 Å². The van der Waals surface area contributed by atoms with E-state index in [0.29, 0.717) is 0 Å². The van der Waals surface area contributed by atoms with Gasteiger partial charge in [-0.05, 0) is 19.9 Å². The van der Waals surface area contributed by atoms with Crippen molar-refractivity contribution in [3.05, 3.63) is 18.5 Å². The number of hydrogen-bond acceptors (Lipinski definition) is 4. The van der Waals surface area contributed by atoms with Gasteiger partial charge in [-0.15, -0.1) is 0 Å². The molecule has 0 unspecified atom stereocenters. The van der Waals surface area contributed by atoms with Crippen molar-refractivity contribution >= 4 is 17.7 Å². The van der Waals surface area contributed by atoms with E-state index in [2.05, 4.69) is 10.4 Å². The van der Waals surface area contributed by atoms with E-state index < -0.39 is 17.4 Å². The molecule has 7 heteroatoms. The maximum absolute atomic E-state index is 12.1. The summed E-state index contributed by atoms with van der Waals surface area (Å²) >= 11 is 0. The number of rotatable bonds is 2. The Labute approximate surface area is 104 Å². The van der Waals surface area contributed by atoms with Crippen LogP contribution in [-0.2, 0) is 20.9 Å². The number of imide groups is 1. The molecule has 2 rings (SSSR count). The van der Waals surface area contributed by atoms with Crippen LogP contribution in [-0.4, -0.2) is 44.5 Å². The quantitative estimate of drug-likeness (QED) is 0.693. The first-order valence-corrected chi connectivity index (χ1v) is 5.53. The monoisotopic (exact) mass is 250 g/mol. The molecule has 3 amide bonds. The third-order valence-electron chi connectivity index (χ3n) is 2.94. The van der Waals surface area contributed by atoms with E-state index in [1.165, 1.54) is 9.58 Å². The van der Waals surface area contributed by atoms with Crippen LogP contribution < -0.4 is 5.32 Å². The van der Waals surface area contributed by atoms with Crippen molar-refractivity contribution in [3.63, 3.8) is 0 Å². The maximum atomic E-state index is 12.1. The van der Waals surface area contributed by atoms with Gasteiger partial charge in [-0.3, -0.25) is 24.4 Å². The fourth-order valence-corrected chi connectivity index (χ4v) is 1.80. The van der Waals surface area contributed by atoms with Crippen LogP contribution in [0.3, 0.4) is 0 Å². The van der Waals surface area contributed by atoms with Gasteiger partial charge in [0.25, 0.3) is 5.91 Å². The molecule has 1 aromatic heterocycles. The van der Waals surface area contributed by atoms with Crippen LogP contribution in [0.5, 0.6) is 0 Å². The molecule has 18 heavy (non-hydrogen) atoms. The third kappa shape index (κ3) is 2.11. The van der Waals surface area contributed by atoms with Crippen LogP contribution in [0.15, 0.2) is 18.5 Å². The summed E-state index contributed by atoms with van der Waals surface area (Å²) in [5.74, 6) is -1.24. The molecule has 1 aliphatic heterocycles. The number of hydrogen-bond donors (Lipinski definition) is 1. The van der Waals surface area contributed by atoms with Gasteiger partial charge in [0.1, 0.15) is 18.6 Å². The molecule has 1 aromatic rings. The number of piperazine rings is 1. The summed E-state index contributed by atoms with van der Waals surface area (Å²) in [4.78, 5) is 36.4. The third-order valence-corrected chi connectivity index (χ3v) is 2.94. The predicted molar refractivity (Wildman–Crippen MR) is 61.2 cm³/mol. The Morgan fingerprint density at radius 2 is 2.22 bits per heavy atom. The molecule has 0 bridgehead atoms. The molecule has 7 nitrogen and oxygen atoms in total. The average Bonchev–Trinajstić information content (AvgIpc) is 2.76. The lowest BCUT2D eigenvalue weighted by Crippen LogP contribution is -2.65. The zero-order chi connectivity index (χ0) is 13.3. The van der Waals surface area contributed by atoms with Crippen molar-refractivity contribution < 1.29 is 14.4 Å². The number of nitrogens with one attached hydrogen (secondary N) is 1. The summed E-state index contributed by atoms with van der Waals surface area (Å²) in [6.45, 7) is 3.11. The van der Waals surface area contributed by atoms with E-state index in [9.17, 15) is 14.4 Å². The van der Waals surface area contributed by atoms with Gasteiger partial charge in [-0.2, -0.15) is 5.10 Å². The lowest BCUT2D eigenvalue weighted by atomic mass is 9.98. The lowest BCUT2D eigenvalue weighted by molar-refractivity contribution is -0.156. The van der Waals surface area contributed by atoms with Crippen LogP contribution in [0.2, 0.25) is 0 Å². The lowest BCUT2D eigenvalue weighted by Gasteiger charge is -2.40. The average molecular weight is 250 g/mol. The molecule has 0 aromatic carbocycles. The summed E-state index contributed by atoms with van der Waals surface area (Å²) in [5, 5.41) is 6.14. The SMILES string of the molecule is CC1(C)C(=O)NC(=O)CN1C(=O)Cn1cccn1. The highest BCUT2D eigenvalue weighted by Crippen LogP contribution is 2.18. The minimum absolute atomic E-state index is 0.0109. The predicted octanol–water partition coefficient (Wildman–Crippen LogP) is -0.853. The Morgan fingerprint density at radius 1 is 1.50 bits per heavy atom. The highest BCUT2D eigenvalue weighted by molar-refractivity contribution is 6.06. The number of amides is 3. The van der Waals surface area contributed by atoms with Crippen LogP contribution in [0.1, 0.15) is 13.8 Å². The zero-order valence-corrected chi connectivity index (χ0v) is 10.2. The van der Waals surface area contributed by atoms with E-state index in [1.807, 2.05) is 0 Å². The molecule has 0 saturated carbocycles. The second-order valence-electron chi connectivity index (χ2n) is 4.62. The van der Waals surface area contributed by atoms with Gasteiger partial charge < -0.3 is 4.90 Å². The smallest absolute Gasteiger partial charge is 0.252 e. The molecular formula is C11H14N4O3. The second kappa shape index (κ2) is 4.25. The molecule has 1 fully saturated rings. The molecule has 0 atom stereocenters. The summed E-state index contributed by atoms with van der Waals surface area (Å²) in [6.07, 6.45) is 3.21. The number of nitrogens with zero attached hydrogens (tertiary/aromatic N) is 3. The molecule has 96 valence electrons. The molecule has 0 radical (unpaired) electrons. The second-order valence-corrected chi connectivity index (χ2v) is 4.62. The molecule has 0 spiro atoms. The van der Waals surface area contributed by atoms with Crippen molar-refractivity contribution in [3.8, 4) is 0 Å². The van der Waals surface area contributed by atoms with Gasteiger partial charge in [0.2, 0.25) is 11.8 Å². The highest BCUT2D eigenvalue weighted by atomic mass is 16.2. The summed E-state index contributed by atoms with van der Waals surface area (Å²) in [5.41, 5.74) is -1.03. The number of aromatic nitrogens is 2. The van der Waals surface area contributed by atoms with Crippen molar-refractivity contribution in [2.24, 2.45) is 0 Å². The topological polar surface area (TPSA) is 84.3 Å². The van der Waals surface area contributed by atoms with Gasteiger partial charge in [0.15, 0.2) is 0 Å². The van der Waals surface area contributed by atoms with Crippen LogP contribution in [0, 0.1) is 0 Å². The van der Waals surface area contributed by atoms with E-state index in [0.717, 1.165) is 0 Å². The standard InChI is InChI=1S/C11H14N4O3/c1-11(2)10(18)13-8(16)6-15(11)9(17)7-14-5-3-4-12-14/h3-5H,6-7H2,1-2H3,(H,13,16,18). The number of carbonyl (C=O) groups is 3. The van der Waals surface area contributed by atoms with Crippen LogP contribution in [0.25, 0.3) is 0 Å². The molecule has 1 N–H and O–H groups in total. The number of carbonyl (C=O) groups excluding carboxylic acids is 3. The van der Waals surface area contributed by atoms with Gasteiger partial charge >= 0.3 is 0 Å². The van der Waals surface area contributed by atoms with E-state index in [1.54, 1.807) is 32.3 Å². The minimum Gasteiger partial charge on any atom is -0.318 e. The molecule has 1 saturated heterocycles. The normalized spacial score (nSPS) is 18.7. The Morgan fingerprint density at radius 3 is 2.83 bits per heavy atom. The first-order valence-electron chi connectivity index (χ1n) is 5.53. The summed E-state index contributed by atoms with van der Waals surface area (Å²) in [7, 11) is 0. The fraction of sp³-hybridized carbons (Fsp3) is 0.455. The first kappa shape index (κ1) is 12.3. The molecular weight excluding hydrogens is 236 g/mol. The van der Waals surface area contributed by atoms with Crippen molar-refractivity contribution in [2.75, 3.05) is 6.54 Å². The van der Waals surface area contributed by atoms with Gasteiger partial charge in [-0.1, -0.05) is 0 Å². The molecule has 0 aliphatic carbocycles. The Kier molecular flexibility index (Phi) is 2.90. The Balaban J connectivity index is 2.17. The summed E-state index contributed by atoms with van der Waals surface area (Å²) in [6, 6.07) is 1.70. The zero-order valence-electron chi connectivity index (χ0n) is 10.2. The highest BCUT2D eigenvalue weighted by Gasteiger charge is 2.43. The largest absolute Gasteiger partial charge is 0.318 e. The van der Waals surface area contributed by atoms with Gasteiger partial charge in [0.05, 0.1) is 0 Å². The maximum Gasteiger partial charge on any atom is 0.252 e. The van der Waals surface area contributed by atoms with Crippen molar-refractivity contribution in [1.82, 2.24) is 20.0 Å². The van der Waals surface area contributed by atoms with E-state index in [4.69, 9.17) is 0 Å². The van der Waals surface area contributed by atoms with Crippen molar-refractivity contribution in [2.45, 2.75) is 25.9 Å². The fourth-order valence-electron chi connectivity index (χ4n) is 1.80. The van der Waals surface area contributed by atoms with Crippen LogP contribution >= 0.6 is 0 Å². The first-order chi connectivity index (χ1) is 8.41. The van der Waals surface area contributed by atoms with E-state index in [-0.39, 0.29) is 19.0 Å². The Bertz CT molecular complexity index is 492. The summed E-state index contributed by atoms with van der Waals surface area (Å²) < 4.78 is 1.45. The van der Waals surface area contributed by atoms with Gasteiger partial charge in [0, 0.05) is 12.4 Å².